The number of hydrogen-bond donors (Lipinski definition) is 5. The van der Waals surface area contributed by atoms with Crippen molar-refractivity contribution in [3.63, 3.8) is 0 Å². The number of nitrogens with one attached hydrogen (secondary N) is 1. The van der Waals surface area contributed by atoms with E-state index in [9.17, 15) is 24.9 Å². The molecule has 9 nitrogen and oxygen atoms in total. The number of carboxylic acids is 1. The summed E-state index contributed by atoms with van der Waals surface area (Å²) in [7, 11) is 1.31. The average molecular weight is 305 g/mol. The van der Waals surface area contributed by atoms with E-state index >= 15 is 0 Å². The Morgan fingerprint density at radius 3 is 2.57 bits per heavy atom. The van der Waals surface area contributed by atoms with Crippen molar-refractivity contribution in [1.82, 2.24) is 5.32 Å². The number of aliphatic hydroxyl groups is 3. The van der Waals surface area contributed by atoms with Crippen molar-refractivity contribution in [2.45, 2.75) is 37.4 Å². The Balaban J connectivity index is 3.01. The van der Waals surface area contributed by atoms with E-state index in [1.54, 1.807) is 0 Å². The summed E-state index contributed by atoms with van der Waals surface area (Å²) < 4.78 is 9.77. The lowest BCUT2D eigenvalue weighted by Gasteiger charge is -2.38. The standard InChI is InChI=1S/C12H19NO8/c1-5(14)13-9-6(15)3-8(12(18)19)21-11(9)10(17)7(16)4-20-2/h3,6-7,9-11,15-17H,4H2,1-2H3,(H,13,14)(H,18,19)/t6-,7+,9+,10+,11+/m0/s1. The van der Waals surface area contributed by atoms with Crippen molar-refractivity contribution in [1.29, 1.82) is 0 Å². The SMILES string of the molecule is COC[C@@H](O)[C@@H](O)[C@@H]1OC(C(=O)O)=C[C@H](O)[C@H]1NC(C)=O. The van der Waals surface area contributed by atoms with Crippen LogP contribution >= 0.6 is 0 Å². The van der Waals surface area contributed by atoms with Crippen molar-refractivity contribution >= 4 is 11.9 Å². The number of aliphatic hydroxyl groups excluding tert-OH is 3. The number of rotatable bonds is 6. The molecule has 0 fully saturated rings. The molecule has 0 radical (unpaired) electrons. The zero-order valence-corrected chi connectivity index (χ0v) is 11.6. The number of carboxylic acid groups (broad SMARTS) is 1. The van der Waals surface area contributed by atoms with Gasteiger partial charge in [0.25, 0.3) is 0 Å². The molecule has 1 rings (SSSR count). The minimum absolute atomic E-state index is 0.226. The molecule has 1 aliphatic rings. The van der Waals surface area contributed by atoms with Crippen molar-refractivity contribution < 1.29 is 39.5 Å². The summed E-state index contributed by atoms with van der Waals surface area (Å²) in [5.41, 5.74) is 0. The summed E-state index contributed by atoms with van der Waals surface area (Å²) in [6.45, 7) is 0.966. The van der Waals surface area contributed by atoms with Gasteiger partial charge < -0.3 is 35.2 Å². The molecule has 0 saturated heterocycles. The van der Waals surface area contributed by atoms with E-state index in [1.807, 2.05) is 0 Å². The predicted octanol–water partition coefficient (Wildman–Crippen LogP) is -2.41. The predicted molar refractivity (Wildman–Crippen MR) is 68.1 cm³/mol. The Bertz CT molecular complexity index is 423. The molecule has 120 valence electrons. The first kappa shape index (κ1) is 17.4. The van der Waals surface area contributed by atoms with Gasteiger partial charge in [0, 0.05) is 14.0 Å². The van der Waals surface area contributed by atoms with E-state index in [2.05, 4.69) is 10.1 Å². The number of aliphatic carboxylic acids is 1. The Hall–Kier alpha value is -1.68. The molecule has 0 spiro atoms. The third-order valence-corrected chi connectivity index (χ3v) is 2.96. The smallest absolute Gasteiger partial charge is 0.370 e. The second-order valence-electron chi connectivity index (χ2n) is 4.65. The van der Waals surface area contributed by atoms with Crippen LogP contribution in [0.25, 0.3) is 0 Å². The minimum Gasteiger partial charge on any atom is -0.478 e. The molecular weight excluding hydrogens is 286 g/mol. The van der Waals surface area contributed by atoms with E-state index in [0.717, 1.165) is 6.08 Å². The van der Waals surface area contributed by atoms with Crippen molar-refractivity contribution in [3.8, 4) is 0 Å². The Morgan fingerprint density at radius 2 is 2.10 bits per heavy atom. The average Bonchev–Trinajstić information content (AvgIpc) is 2.39. The number of amides is 1. The third kappa shape index (κ3) is 4.39. The minimum atomic E-state index is -1.57. The maximum atomic E-state index is 11.2. The summed E-state index contributed by atoms with van der Waals surface area (Å²) in [4.78, 5) is 22.1. The van der Waals surface area contributed by atoms with Gasteiger partial charge in [-0.25, -0.2) is 4.79 Å². The number of carbonyl (C=O) groups excluding carboxylic acids is 1. The highest BCUT2D eigenvalue weighted by Crippen LogP contribution is 2.23. The van der Waals surface area contributed by atoms with E-state index in [1.165, 1.54) is 14.0 Å². The fourth-order valence-corrected chi connectivity index (χ4v) is 2.01. The maximum absolute atomic E-state index is 11.2. The highest BCUT2D eigenvalue weighted by molar-refractivity contribution is 5.84. The number of ether oxygens (including phenoxy) is 2. The van der Waals surface area contributed by atoms with E-state index in [4.69, 9.17) is 9.84 Å². The summed E-state index contributed by atoms with van der Waals surface area (Å²) in [6.07, 6.45) is -4.76. The van der Waals surface area contributed by atoms with Crippen LogP contribution in [0.4, 0.5) is 0 Å². The van der Waals surface area contributed by atoms with Crippen LogP contribution < -0.4 is 5.32 Å². The molecule has 5 atom stereocenters. The largest absolute Gasteiger partial charge is 0.478 e. The second-order valence-corrected chi connectivity index (χ2v) is 4.65. The highest BCUT2D eigenvalue weighted by Gasteiger charge is 2.43. The molecule has 0 saturated carbocycles. The maximum Gasteiger partial charge on any atom is 0.370 e. The Labute approximate surface area is 120 Å². The summed E-state index contributed by atoms with van der Waals surface area (Å²) in [5, 5.41) is 40.9. The lowest BCUT2D eigenvalue weighted by Crippen LogP contribution is -2.59. The molecule has 21 heavy (non-hydrogen) atoms. The van der Waals surface area contributed by atoms with Crippen LogP contribution in [-0.2, 0) is 19.1 Å². The Kier molecular flexibility index (Phi) is 6.09. The second kappa shape index (κ2) is 7.36. The highest BCUT2D eigenvalue weighted by atomic mass is 16.5. The molecule has 0 aromatic rings. The molecule has 0 aliphatic carbocycles. The van der Waals surface area contributed by atoms with Gasteiger partial charge in [-0.2, -0.15) is 0 Å². The molecule has 9 heteroatoms. The van der Waals surface area contributed by atoms with Crippen molar-refractivity contribution in [2.24, 2.45) is 0 Å². The van der Waals surface area contributed by atoms with Crippen LogP contribution in [0.3, 0.4) is 0 Å². The van der Waals surface area contributed by atoms with Gasteiger partial charge in [-0.05, 0) is 6.08 Å². The number of methoxy groups -OCH3 is 1. The lowest BCUT2D eigenvalue weighted by molar-refractivity contribution is -0.150. The first-order chi connectivity index (χ1) is 9.77. The van der Waals surface area contributed by atoms with E-state index in [-0.39, 0.29) is 6.61 Å². The molecule has 1 heterocycles. The number of hydrogen-bond acceptors (Lipinski definition) is 7. The molecule has 0 aromatic heterocycles. The molecule has 0 aromatic carbocycles. The van der Waals surface area contributed by atoms with Gasteiger partial charge in [-0.3, -0.25) is 4.79 Å². The zero-order valence-electron chi connectivity index (χ0n) is 11.6. The van der Waals surface area contributed by atoms with E-state index in [0.29, 0.717) is 0 Å². The molecule has 1 amide bonds. The fraction of sp³-hybridized carbons (Fsp3) is 0.667. The topological polar surface area (TPSA) is 146 Å². The summed E-state index contributed by atoms with van der Waals surface area (Å²) in [5.74, 6) is -2.51. The van der Waals surface area contributed by atoms with Gasteiger partial charge >= 0.3 is 5.97 Å². The van der Waals surface area contributed by atoms with Gasteiger partial charge in [-0.1, -0.05) is 0 Å². The van der Waals surface area contributed by atoms with E-state index < -0.39 is 48.1 Å². The first-order valence-electron chi connectivity index (χ1n) is 6.20. The van der Waals surface area contributed by atoms with Gasteiger partial charge in [0.2, 0.25) is 11.7 Å². The quantitative estimate of drug-likeness (QED) is 0.365. The van der Waals surface area contributed by atoms with Gasteiger partial charge in [0.15, 0.2) is 6.10 Å². The van der Waals surface area contributed by atoms with Crippen molar-refractivity contribution in [3.05, 3.63) is 11.8 Å². The normalized spacial score (nSPS) is 28.0. The third-order valence-electron chi connectivity index (χ3n) is 2.96. The molecule has 0 unspecified atom stereocenters. The van der Waals surface area contributed by atoms with Crippen LogP contribution in [0.5, 0.6) is 0 Å². The molecule has 5 N–H and O–H groups in total. The van der Waals surface area contributed by atoms with Crippen LogP contribution in [-0.4, -0.2) is 76.5 Å². The monoisotopic (exact) mass is 305 g/mol. The van der Waals surface area contributed by atoms with Crippen LogP contribution in [0.2, 0.25) is 0 Å². The Morgan fingerprint density at radius 1 is 1.48 bits per heavy atom. The number of carbonyl (C=O) groups is 2. The summed E-state index contributed by atoms with van der Waals surface area (Å²) in [6, 6.07) is -1.10. The first-order valence-corrected chi connectivity index (χ1v) is 6.20. The molecule has 0 bridgehead atoms. The van der Waals surface area contributed by atoms with Gasteiger partial charge in [-0.15, -0.1) is 0 Å². The van der Waals surface area contributed by atoms with Crippen LogP contribution in [0, 0.1) is 0 Å². The van der Waals surface area contributed by atoms with Crippen LogP contribution in [0.15, 0.2) is 11.8 Å². The lowest BCUT2D eigenvalue weighted by atomic mass is 9.94. The fourth-order valence-electron chi connectivity index (χ4n) is 2.01. The molecule has 1 aliphatic heterocycles. The van der Waals surface area contributed by atoms with Gasteiger partial charge in [0.05, 0.1) is 12.6 Å². The van der Waals surface area contributed by atoms with Gasteiger partial charge in [0.1, 0.15) is 18.3 Å². The summed E-state index contributed by atoms with van der Waals surface area (Å²) >= 11 is 0. The zero-order chi connectivity index (χ0) is 16.2. The molecular formula is C12H19NO8. The van der Waals surface area contributed by atoms with Crippen molar-refractivity contribution in [2.75, 3.05) is 13.7 Å². The van der Waals surface area contributed by atoms with Crippen LogP contribution in [0.1, 0.15) is 6.92 Å².